The highest BCUT2D eigenvalue weighted by Gasteiger charge is 2.36. The van der Waals surface area contributed by atoms with E-state index in [1.54, 1.807) is 0 Å². The Morgan fingerprint density at radius 3 is 2.53 bits per heavy atom. The second kappa shape index (κ2) is 14.5. The molecule has 32 heavy (non-hydrogen) atoms. The Morgan fingerprint density at radius 1 is 1.22 bits per heavy atom. The van der Waals surface area contributed by atoms with Gasteiger partial charge < -0.3 is 14.3 Å². The van der Waals surface area contributed by atoms with Crippen LogP contribution in [0.3, 0.4) is 0 Å². The van der Waals surface area contributed by atoms with Crippen LogP contribution < -0.4 is 0 Å². The average Bonchev–Trinajstić information content (AvgIpc) is 2.74. The fraction of sp³-hybridized carbons (Fsp3) is 0.571. The highest BCUT2D eigenvalue weighted by Crippen LogP contribution is 2.36. The van der Waals surface area contributed by atoms with Crippen LogP contribution >= 0.6 is 0 Å². The largest absolute Gasteiger partial charge is 0.417 e. The number of allylic oxidation sites excluding steroid dienone is 1. The van der Waals surface area contributed by atoms with Crippen LogP contribution in [0.4, 0.5) is 0 Å². The van der Waals surface area contributed by atoms with E-state index in [4.69, 9.17) is 9.16 Å². The van der Waals surface area contributed by atoms with Gasteiger partial charge in [-0.25, -0.2) is 0 Å². The zero-order valence-electron chi connectivity index (χ0n) is 21.1. The van der Waals surface area contributed by atoms with E-state index in [0.29, 0.717) is 13.2 Å². The second-order valence-corrected chi connectivity index (χ2v) is 14.8. The molecule has 0 fully saturated rings. The lowest BCUT2D eigenvalue weighted by molar-refractivity contribution is 0.148. The van der Waals surface area contributed by atoms with Gasteiger partial charge in [0.15, 0.2) is 8.32 Å². The quantitative estimate of drug-likeness (QED) is 0.152. The van der Waals surface area contributed by atoms with Crippen LogP contribution in [0.2, 0.25) is 18.1 Å². The van der Waals surface area contributed by atoms with Crippen LogP contribution in [-0.4, -0.2) is 32.7 Å². The first kappa shape index (κ1) is 28.4. The van der Waals surface area contributed by atoms with E-state index in [-0.39, 0.29) is 11.0 Å². The van der Waals surface area contributed by atoms with Crippen LogP contribution in [0.15, 0.2) is 54.6 Å². The molecular formula is C28H44O3Si. The Bertz CT molecular complexity index is 750. The molecule has 1 N–H and O–H groups in total. The topological polar surface area (TPSA) is 38.7 Å². The predicted molar refractivity (Wildman–Crippen MR) is 139 cm³/mol. The molecule has 178 valence electrons. The lowest BCUT2D eigenvalue weighted by Crippen LogP contribution is -2.40. The summed E-state index contributed by atoms with van der Waals surface area (Å²) < 4.78 is 11.9. The molecule has 2 atom stereocenters. The molecule has 0 aliphatic heterocycles. The molecule has 0 radical (unpaired) electrons. The maximum atomic E-state index is 10.4. The molecule has 0 spiro atoms. The normalized spacial score (nSPS) is 14.4. The van der Waals surface area contributed by atoms with Crippen molar-refractivity contribution >= 4 is 8.32 Å². The summed E-state index contributed by atoms with van der Waals surface area (Å²) in [6, 6.07) is 10.2. The molecule has 0 aliphatic carbocycles. The minimum absolute atomic E-state index is 0.0282. The standard InChI is InChI=1S/C28H44O3Si/c1-8-26(19-18-24(2)20-22-30-23-25-15-11-9-12-16-25)27(29)17-13-10-14-21-31-32(6,7)28(3,4)5/h8-9,11-12,15-16,20,26-27,29H,1,10,14,18-19,21-23H2,2-7H3/b24-20+. The molecule has 0 heterocycles. The molecule has 4 heteroatoms. The summed E-state index contributed by atoms with van der Waals surface area (Å²) in [6.07, 6.45) is 6.63. The van der Waals surface area contributed by atoms with Gasteiger partial charge in [-0.15, -0.1) is 12.5 Å². The number of hydrogen-bond donors (Lipinski definition) is 1. The summed E-state index contributed by atoms with van der Waals surface area (Å²) in [6.45, 7) is 19.2. The zero-order chi connectivity index (χ0) is 24.0. The van der Waals surface area contributed by atoms with Gasteiger partial charge in [-0.05, 0) is 49.9 Å². The van der Waals surface area contributed by atoms with Crippen LogP contribution in [0.5, 0.6) is 0 Å². The molecule has 0 aliphatic rings. The summed E-state index contributed by atoms with van der Waals surface area (Å²) in [4.78, 5) is 0. The van der Waals surface area contributed by atoms with Gasteiger partial charge in [0.05, 0.1) is 13.2 Å². The number of aliphatic hydroxyl groups is 1. The molecule has 0 amide bonds. The molecule has 0 saturated carbocycles. The summed E-state index contributed by atoms with van der Waals surface area (Å²) in [5.74, 6) is 6.10. The van der Waals surface area contributed by atoms with E-state index in [2.05, 4.69) is 77.4 Å². The van der Waals surface area contributed by atoms with Gasteiger partial charge in [0.1, 0.15) is 6.10 Å². The van der Waals surface area contributed by atoms with Gasteiger partial charge in [0.2, 0.25) is 0 Å². The molecule has 1 aromatic rings. The number of rotatable bonds is 13. The van der Waals surface area contributed by atoms with Gasteiger partial charge in [-0.3, -0.25) is 0 Å². The van der Waals surface area contributed by atoms with E-state index in [9.17, 15) is 5.11 Å². The van der Waals surface area contributed by atoms with Crippen molar-refractivity contribution in [2.24, 2.45) is 5.92 Å². The minimum atomic E-state index is -1.69. The smallest absolute Gasteiger partial charge is 0.191 e. The number of ether oxygens (including phenoxy) is 1. The maximum Gasteiger partial charge on any atom is 0.191 e. The fourth-order valence-corrected chi connectivity index (χ4v) is 3.93. The molecule has 1 rings (SSSR count). The Kier molecular flexibility index (Phi) is 12.9. The van der Waals surface area contributed by atoms with Crippen LogP contribution in [0, 0.1) is 17.8 Å². The van der Waals surface area contributed by atoms with Gasteiger partial charge in [0.25, 0.3) is 0 Å². The predicted octanol–water partition coefficient (Wildman–Crippen LogP) is 6.90. The Labute approximate surface area is 198 Å². The van der Waals surface area contributed by atoms with Crippen LogP contribution in [-0.2, 0) is 15.8 Å². The molecule has 2 unspecified atom stereocenters. The van der Waals surface area contributed by atoms with E-state index in [0.717, 1.165) is 32.3 Å². The minimum Gasteiger partial charge on any atom is -0.417 e. The lowest BCUT2D eigenvalue weighted by atomic mass is 9.94. The molecular weight excluding hydrogens is 412 g/mol. The second-order valence-electron chi connectivity index (χ2n) is 9.97. The van der Waals surface area contributed by atoms with Gasteiger partial charge in [-0.1, -0.05) is 74.7 Å². The number of hydrogen-bond acceptors (Lipinski definition) is 3. The third-order valence-corrected chi connectivity index (χ3v) is 10.7. The SMILES string of the molecule is C=CC(CC/C(C)=C/COCc1ccccc1)C(O)C#CCCCO[Si](C)(C)C(C)(C)C. The van der Waals surface area contributed by atoms with Crippen molar-refractivity contribution in [3.63, 3.8) is 0 Å². The Balaban J connectivity index is 2.30. The van der Waals surface area contributed by atoms with E-state index in [1.807, 2.05) is 24.3 Å². The first-order valence-electron chi connectivity index (χ1n) is 11.8. The third-order valence-electron chi connectivity index (χ3n) is 6.21. The molecule has 3 nitrogen and oxygen atoms in total. The summed E-state index contributed by atoms with van der Waals surface area (Å²) in [5, 5.41) is 10.7. The van der Waals surface area contributed by atoms with Crippen molar-refractivity contribution in [1.29, 1.82) is 0 Å². The first-order chi connectivity index (χ1) is 15.1. The average molecular weight is 457 g/mol. The zero-order valence-corrected chi connectivity index (χ0v) is 22.1. The number of aliphatic hydroxyl groups excluding tert-OH is 1. The summed E-state index contributed by atoms with van der Waals surface area (Å²) in [7, 11) is -1.69. The molecule has 0 bridgehead atoms. The van der Waals surface area contributed by atoms with Crippen molar-refractivity contribution in [3.05, 3.63) is 60.2 Å². The summed E-state index contributed by atoms with van der Waals surface area (Å²) >= 11 is 0. The number of benzene rings is 1. The fourth-order valence-electron chi connectivity index (χ4n) is 2.84. The maximum absolute atomic E-state index is 10.4. The van der Waals surface area contributed by atoms with Crippen molar-refractivity contribution in [2.45, 2.75) is 84.2 Å². The van der Waals surface area contributed by atoms with Crippen LogP contribution in [0.1, 0.15) is 58.9 Å². The molecule has 1 aromatic carbocycles. The Hall–Kier alpha value is -1.64. The Morgan fingerprint density at radius 2 is 1.91 bits per heavy atom. The van der Waals surface area contributed by atoms with Crippen LogP contribution in [0.25, 0.3) is 0 Å². The van der Waals surface area contributed by atoms with Crippen molar-refractivity contribution < 1.29 is 14.3 Å². The van der Waals surface area contributed by atoms with Gasteiger partial charge in [-0.2, -0.15) is 0 Å². The van der Waals surface area contributed by atoms with Crippen molar-refractivity contribution in [1.82, 2.24) is 0 Å². The first-order valence-corrected chi connectivity index (χ1v) is 14.7. The van der Waals surface area contributed by atoms with Gasteiger partial charge >= 0.3 is 0 Å². The van der Waals surface area contributed by atoms with E-state index < -0.39 is 14.4 Å². The highest BCUT2D eigenvalue weighted by atomic mass is 28.4. The van der Waals surface area contributed by atoms with Crippen molar-refractivity contribution in [3.8, 4) is 11.8 Å². The summed E-state index contributed by atoms with van der Waals surface area (Å²) in [5.41, 5.74) is 2.44. The molecule has 0 saturated heterocycles. The van der Waals surface area contributed by atoms with Gasteiger partial charge in [0, 0.05) is 18.9 Å². The van der Waals surface area contributed by atoms with E-state index >= 15 is 0 Å². The number of unbranched alkanes of at least 4 members (excludes halogenated alkanes) is 1. The van der Waals surface area contributed by atoms with E-state index in [1.165, 1.54) is 11.1 Å². The molecule has 0 aromatic heterocycles. The van der Waals surface area contributed by atoms with Crippen molar-refractivity contribution in [2.75, 3.05) is 13.2 Å². The third kappa shape index (κ3) is 11.3. The lowest BCUT2D eigenvalue weighted by Gasteiger charge is -2.36. The highest BCUT2D eigenvalue weighted by molar-refractivity contribution is 6.74. The monoisotopic (exact) mass is 456 g/mol.